The van der Waals surface area contributed by atoms with E-state index < -0.39 is 5.82 Å². The number of hydrogen-bond acceptors (Lipinski definition) is 4. The summed E-state index contributed by atoms with van der Waals surface area (Å²) < 4.78 is 26.3. The Morgan fingerprint density at radius 2 is 1.61 bits per heavy atom. The van der Waals surface area contributed by atoms with Gasteiger partial charge >= 0.3 is 0 Å². The molecule has 2 aromatic carbocycles. The highest BCUT2D eigenvalue weighted by Crippen LogP contribution is 2.21. The molecule has 1 aromatic heterocycles. The van der Waals surface area contributed by atoms with Crippen LogP contribution in [-0.4, -0.2) is 37.1 Å². The summed E-state index contributed by atoms with van der Waals surface area (Å²) in [6.07, 6.45) is 1.72. The van der Waals surface area contributed by atoms with Crippen molar-refractivity contribution in [3.05, 3.63) is 88.6 Å². The molecule has 8 heteroatoms. The van der Waals surface area contributed by atoms with Gasteiger partial charge in [0.15, 0.2) is 0 Å². The van der Waals surface area contributed by atoms with Crippen LogP contribution in [-0.2, 0) is 6.54 Å². The van der Waals surface area contributed by atoms with Gasteiger partial charge in [-0.25, -0.2) is 13.8 Å². The average molecular weight is 443 g/mol. The van der Waals surface area contributed by atoms with Gasteiger partial charge in [0.2, 0.25) is 0 Å². The first kappa shape index (κ1) is 21.1. The van der Waals surface area contributed by atoms with Crippen LogP contribution in [0.1, 0.15) is 15.9 Å². The molecule has 0 bridgehead atoms. The molecule has 1 aliphatic rings. The standard InChI is InChI=1S/C23H21ClF2N4O/c24-21-14-18(26)3-6-20(21)23(31)28-15-16-7-8-27-22(13-16)30-11-9-29(10-12-30)19-4-1-17(25)2-5-19/h1-8,13-14H,9-12,15H2,(H,28,31). The maximum atomic E-state index is 13.2. The number of rotatable bonds is 5. The normalized spacial score (nSPS) is 13.9. The molecule has 1 saturated heterocycles. The SMILES string of the molecule is O=C(NCc1ccnc(N2CCN(c3ccc(F)cc3)CC2)c1)c1ccc(F)cc1Cl. The van der Waals surface area contributed by atoms with Crippen molar-refractivity contribution in [2.24, 2.45) is 0 Å². The van der Waals surface area contributed by atoms with E-state index in [2.05, 4.69) is 20.1 Å². The molecule has 1 fully saturated rings. The van der Waals surface area contributed by atoms with E-state index in [1.54, 1.807) is 18.3 Å². The minimum absolute atomic E-state index is 0.0759. The van der Waals surface area contributed by atoms with E-state index in [4.69, 9.17) is 11.6 Å². The summed E-state index contributed by atoms with van der Waals surface area (Å²) in [4.78, 5) is 21.2. The van der Waals surface area contributed by atoms with E-state index in [1.807, 2.05) is 12.1 Å². The lowest BCUT2D eigenvalue weighted by Gasteiger charge is -2.36. The number of aromatic nitrogens is 1. The number of nitrogens with one attached hydrogen (secondary N) is 1. The second-order valence-electron chi connectivity index (χ2n) is 7.28. The third kappa shape index (κ3) is 5.11. The van der Waals surface area contributed by atoms with Gasteiger partial charge < -0.3 is 15.1 Å². The highest BCUT2D eigenvalue weighted by atomic mass is 35.5. The molecule has 4 rings (SSSR count). The lowest BCUT2D eigenvalue weighted by molar-refractivity contribution is 0.0951. The van der Waals surface area contributed by atoms with Crippen LogP contribution in [0.25, 0.3) is 0 Å². The van der Waals surface area contributed by atoms with Crippen molar-refractivity contribution in [1.82, 2.24) is 10.3 Å². The van der Waals surface area contributed by atoms with E-state index in [1.165, 1.54) is 24.3 Å². The van der Waals surface area contributed by atoms with Crippen molar-refractivity contribution in [2.75, 3.05) is 36.0 Å². The highest BCUT2D eigenvalue weighted by Gasteiger charge is 2.19. The molecule has 0 saturated carbocycles. The molecule has 0 unspecified atom stereocenters. The number of hydrogen-bond donors (Lipinski definition) is 1. The third-order valence-corrected chi connectivity index (χ3v) is 5.55. The van der Waals surface area contributed by atoms with Crippen molar-refractivity contribution in [2.45, 2.75) is 6.54 Å². The molecule has 1 N–H and O–H groups in total. The first-order valence-electron chi connectivity index (χ1n) is 9.93. The summed E-state index contributed by atoms with van der Waals surface area (Å²) in [5, 5.41) is 2.88. The zero-order chi connectivity index (χ0) is 21.8. The van der Waals surface area contributed by atoms with Gasteiger partial charge in [-0.2, -0.15) is 0 Å². The van der Waals surface area contributed by atoms with E-state index in [-0.39, 0.29) is 22.3 Å². The minimum Gasteiger partial charge on any atom is -0.368 e. The Kier molecular flexibility index (Phi) is 6.32. The highest BCUT2D eigenvalue weighted by molar-refractivity contribution is 6.33. The van der Waals surface area contributed by atoms with Crippen molar-refractivity contribution >= 4 is 29.0 Å². The van der Waals surface area contributed by atoms with Crippen LogP contribution < -0.4 is 15.1 Å². The predicted molar refractivity (Wildman–Crippen MR) is 118 cm³/mol. The van der Waals surface area contributed by atoms with Crippen LogP contribution in [0.2, 0.25) is 5.02 Å². The Hall–Kier alpha value is -3.19. The van der Waals surface area contributed by atoms with Crippen molar-refractivity contribution in [3.63, 3.8) is 0 Å². The van der Waals surface area contributed by atoms with Crippen molar-refractivity contribution < 1.29 is 13.6 Å². The largest absolute Gasteiger partial charge is 0.368 e. The smallest absolute Gasteiger partial charge is 0.253 e. The summed E-state index contributed by atoms with van der Waals surface area (Å²) in [7, 11) is 0. The Labute approximate surface area is 184 Å². The molecule has 0 aliphatic carbocycles. The second-order valence-corrected chi connectivity index (χ2v) is 7.69. The number of carbonyl (C=O) groups is 1. The molecule has 1 amide bonds. The number of halogens is 3. The molecule has 0 atom stereocenters. The lowest BCUT2D eigenvalue weighted by atomic mass is 10.2. The van der Waals surface area contributed by atoms with E-state index in [9.17, 15) is 13.6 Å². The number of pyridine rings is 1. The summed E-state index contributed by atoms with van der Waals surface area (Å²) in [5.74, 6) is -0.251. The Morgan fingerprint density at radius 3 is 2.32 bits per heavy atom. The summed E-state index contributed by atoms with van der Waals surface area (Å²) in [6.45, 7) is 3.48. The van der Waals surface area contributed by atoms with Gasteiger partial charge in [0, 0.05) is 44.6 Å². The van der Waals surface area contributed by atoms with Crippen LogP contribution in [0, 0.1) is 11.6 Å². The van der Waals surface area contributed by atoms with Gasteiger partial charge in [0.1, 0.15) is 17.5 Å². The number of amides is 1. The predicted octanol–water partition coefficient (Wildman–Crippen LogP) is 4.27. The van der Waals surface area contributed by atoms with Gasteiger partial charge in [-0.3, -0.25) is 4.79 Å². The fourth-order valence-corrected chi connectivity index (χ4v) is 3.79. The van der Waals surface area contributed by atoms with Crippen LogP contribution >= 0.6 is 11.6 Å². The fourth-order valence-electron chi connectivity index (χ4n) is 3.54. The first-order chi connectivity index (χ1) is 15.0. The number of anilines is 2. The van der Waals surface area contributed by atoms with Crippen LogP contribution in [0.15, 0.2) is 60.8 Å². The monoisotopic (exact) mass is 442 g/mol. The Bertz CT molecular complexity index is 1070. The molecule has 31 heavy (non-hydrogen) atoms. The summed E-state index contributed by atoms with van der Waals surface area (Å²) >= 11 is 5.96. The van der Waals surface area contributed by atoms with Crippen molar-refractivity contribution in [1.29, 1.82) is 0 Å². The average Bonchev–Trinajstić information content (AvgIpc) is 2.78. The van der Waals surface area contributed by atoms with Gasteiger partial charge in [0.05, 0.1) is 10.6 Å². The number of nitrogens with zero attached hydrogens (tertiary/aromatic N) is 3. The van der Waals surface area contributed by atoms with Crippen molar-refractivity contribution in [3.8, 4) is 0 Å². The van der Waals surface area contributed by atoms with Crippen LogP contribution in [0.3, 0.4) is 0 Å². The molecule has 160 valence electrons. The summed E-state index contributed by atoms with van der Waals surface area (Å²) in [6, 6.07) is 14.0. The Morgan fingerprint density at radius 1 is 0.935 bits per heavy atom. The zero-order valence-corrected chi connectivity index (χ0v) is 17.4. The van der Waals surface area contributed by atoms with E-state index in [0.717, 1.165) is 49.3 Å². The molecule has 0 radical (unpaired) electrons. The van der Waals surface area contributed by atoms with Gasteiger partial charge in [-0.15, -0.1) is 0 Å². The number of piperazine rings is 1. The minimum atomic E-state index is -0.486. The maximum absolute atomic E-state index is 13.2. The molecule has 5 nitrogen and oxygen atoms in total. The first-order valence-corrected chi connectivity index (χ1v) is 10.3. The number of benzene rings is 2. The van der Waals surface area contributed by atoms with Gasteiger partial charge in [0.25, 0.3) is 5.91 Å². The van der Waals surface area contributed by atoms with E-state index in [0.29, 0.717) is 6.54 Å². The summed E-state index contributed by atoms with van der Waals surface area (Å²) in [5.41, 5.74) is 2.14. The Balaban J connectivity index is 1.35. The maximum Gasteiger partial charge on any atom is 0.253 e. The van der Waals surface area contributed by atoms with Crippen LogP contribution in [0.4, 0.5) is 20.3 Å². The molecule has 2 heterocycles. The lowest BCUT2D eigenvalue weighted by Crippen LogP contribution is -2.46. The number of carbonyl (C=O) groups excluding carboxylic acids is 1. The molecule has 0 spiro atoms. The second kappa shape index (κ2) is 9.31. The van der Waals surface area contributed by atoms with E-state index >= 15 is 0 Å². The molecule has 1 aliphatic heterocycles. The molecule has 3 aromatic rings. The molecular formula is C23H21ClF2N4O. The zero-order valence-electron chi connectivity index (χ0n) is 16.7. The van der Waals surface area contributed by atoms with Gasteiger partial charge in [-0.1, -0.05) is 11.6 Å². The molecular weight excluding hydrogens is 422 g/mol. The third-order valence-electron chi connectivity index (χ3n) is 5.23. The quantitative estimate of drug-likeness (QED) is 0.641. The topological polar surface area (TPSA) is 48.5 Å². The van der Waals surface area contributed by atoms with Crippen LogP contribution in [0.5, 0.6) is 0 Å². The van der Waals surface area contributed by atoms with Gasteiger partial charge in [-0.05, 0) is 60.2 Å². The fraction of sp³-hybridized carbons (Fsp3) is 0.217.